The van der Waals surface area contributed by atoms with Crippen LogP contribution in [0.5, 0.6) is 0 Å². The molecule has 0 aliphatic heterocycles. The zero-order chi connectivity index (χ0) is 22.6. The Hall–Kier alpha value is -3.36. The molecule has 162 valence electrons. The first-order valence-corrected chi connectivity index (χ1v) is 9.49. The zero-order valence-electron chi connectivity index (χ0n) is 18.3. The summed E-state index contributed by atoms with van der Waals surface area (Å²) in [6, 6.07) is 6.09. The van der Waals surface area contributed by atoms with Crippen molar-refractivity contribution in [1.82, 2.24) is 9.78 Å². The van der Waals surface area contributed by atoms with Gasteiger partial charge in [-0.1, -0.05) is 0 Å². The molecule has 0 saturated carbocycles. The molecule has 2 rings (SSSR count). The molecule has 2 aromatic rings. The summed E-state index contributed by atoms with van der Waals surface area (Å²) in [6.45, 7) is 10.4. The number of nitrogens with one attached hydrogen (secondary N) is 2. The number of carbonyl (C=O) groups is 3. The number of carbonyl (C=O) groups excluding carboxylic acids is 3. The smallest absolute Gasteiger partial charge is 0.412 e. The molecule has 9 nitrogen and oxygen atoms in total. The fourth-order valence-electron chi connectivity index (χ4n) is 2.57. The first-order chi connectivity index (χ1) is 13.9. The maximum atomic E-state index is 12.4. The second-order valence-corrected chi connectivity index (χ2v) is 7.91. The standard InChI is InChI=1S/C21H28N4O5/c1-12-17(13(2)25(7)24-12)23-18(26)14(3)29-19(27)15-8-10-16(11-9-15)22-20(28)30-21(4,5)6/h8-11,14H,1-7H3,(H,22,28)(H,23,26)/t14-/m1/s1. The summed E-state index contributed by atoms with van der Waals surface area (Å²) in [7, 11) is 1.78. The van der Waals surface area contributed by atoms with Crippen LogP contribution >= 0.6 is 0 Å². The molecule has 1 aromatic heterocycles. The van der Waals surface area contributed by atoms with Gasteiger partial charge in [-0.05, 0) is 65.8 Å². The molecule has 1 atom stereocenters. The number of aryl methyl sites for hydroxylation is 2. The SMILES string of the molecule is Cc1nn(C)c(C)c1NC(=O)[C@@H](C)OC(=O)c1ccc(NC(=O)OC(C)(C)C)cc1. The van der Waals surface area contributed by atoms with E-state index in [-0.39, 0.29) is 5.56 Å². The number of hydrogen-bond donors (Lipinski definition) is 2. The number of rotatable bonds is 5. The average Bonchev–Trinajstić information content (AvgIpc) is 2.86. The molecule has 2 N–H and O–H groups in total. The monoisotopic (exact) mass is 416 g/mol. The van der Waals surface area contributed by atoms with Crippen molar-refractivity contribution in [2.45, 2.75) is 53.2 Å². The molecule has 0 fully saturated rings. The minimum Gasteiger partial charge on any atom is -0.449 e. The van der Waals surface area contributed by atoms with Crippen LogP contribution in [0.25, 0.3) is 0 Å². The number of ether oxygens (including phenoxy) is 2. The number of amides is 2. The molecular weight excluding hydrogens is 388 g/mol. The maximum Gasteiger partial charge on any atom is 0.412 e. The Kier molecular flexibility index (Phi) is 6.86. The van der Waals surface area contributed by atoms with Crippen molar-refractivity contribution < 1.29 is 23.9 Å². The first-order valence-electron chi connectivity index (χ1n) is 9.49. The predicted octanol–water partition coefficient (Wildman–Crippen LogP) is 3.57. The Morgan fingerprint density at radius 2 is 1.67 bits per heavy atom. The maximum absolute atomic E-state index is 12.4. The lowest BCUT2D eigenvalue weighted by molar-refractivity contribution is -0.123. The van der Waals surface area contributed by atoms with Gasteiger partial charge in [0.1, 0.15) is 5.60 Å². The van der Waals surface area contributed by atoms with Crippen LogP contribution in [0.3, 0.4) is 0 Å². The van der Waals surface area contributed by atoms with Crippen molar-refractivity contribution in [3.8, 4) is 0 Å². The van der Waals surface area contributed by atoms with Gasteiger partial charge in [0.25, 0.3) is 5.91 Å². The van der Waals surface area contributed by atoms with Gasteiger partial charge in [0.2, 0.25) is 0 Å². The lowest BCUT2D eigenvalue weighted by Gasteiger charge is -2.19. The van der Waals surface area contributed by atoms with Gasteiger partial charge in [-0.2, -0.15) is 5.10 Å². The Morgan fingerprint density at radius 3 is 2.17 bits per heavy atom. The Balaban J connectivity index is 1.95. The van der Waals surface area contributed by atoms with E-state index in [9.17, 15) is 14.4 Å². The van der Waals surface area contributed by atoms with Crippen molar-refractivity contribution in [3.63, 3.8) is 0 Å². The highest BCUT2D eigenvalue weighted by atomic mass is 16.6. The topological polar surface area (TPSA) is 112 Å². The molecule has 30 heavy (non-hydrogen) atoms. The molecule has 0 aliphatic rings. The molecule has 0 bridgehead atoms. The van der Waals surface area contributed by atoms with Gasteiger partial charge in [-0.15, -0.1) is 0 Å². The van der Waals surface area contributed by atoms with E-state index in [4.69, 9.17) is 9.47 Å². The zero-order valence-corrected chi connectivity index (χ0v) is 18.3. The van der Waals surface area contributed by atoms with Gasteiger partial charge in [-0.25, -0.2) is 9.59 Å². The van der Waals surface area contributed by atoms with Gasteiger partial charge in [-0.3, -0.25) is 14.8 Å². The average molecular weight is 416 g/mol. The van der Waals surface area contributed by atoms with Crippen LogP contribution in [0.4, 0.5) is 16.2 Å². The number of aromatic nitrogens is 2. The van der Waals surface area contributed by atoms with Gasteiger partial charge in [0, 0.05) is 12.7 Å². The Morgan fingerprint density at radius 1 is 1.07 bits per heavy atom. The summed E-state index contributed by atoms with van der Waals surface area (Å²) in [5, 5.41) is 9.56. The molecule has 2 amide bonds. The first kappa shape index (κ1) is 22.9. The molecule has 0 radical (unpaired) electrons. The third kappa shape index (κ3) is 6.07. The van der Waals surface area contributed by atoms with E-state index in [1.165, 1.54) is 19.1 Å². The van der Waals surface area contributed by atoms with Crippen molar-refractivity contribution >= 4 is 29.3 Å². The third-order valence-corrected chi connectivity index (χ3v) is 4.18. The van der Waals surface area contributed by atoms with Crippen LogP contribution in [0.1, 0.15) is 49.4 Å². The van der Waals surface area contributed by atoms with Gasteiger partial charge in [0.05, 0.1) is 22.6 Å². The number of esters is 1. The van der Waals surface area contributed by atoms with E-state index in [0.717, 1.165) is 5.69 Å². The molecular formula is C21H28N4O5. The van der Waals surface area contributed by atoms with E-state index in [2.05, 4.69) is 15.7 Å². The highest BCUT2D eigenvalue weighted by Crippen LogP contribution is 2.19. The fraction of sp³-hybridized carbons (Fsp3) is 0.429. The van der Waals surface area contributed by atoms with E-state index in [1.54, 1.807) is 51.6 Å². The second kappa shape index (κ2) is 8.98. The van der Waals surface area contributed by atoms with Crippen LogP contribution in [0.2, 0.25) is 0 Å². The molecule has 9 heteroatoms. The molecule has 0 unspecified atom stereocenters. The van der Waals surface area contributed by atoms with Crippen molar-refractivity contribution in [2.24, 2.45) is 7.05 Å². The Bertz CT molecular complexity index is 942. The number of benzene rings is 1. The highest BCUT2D eigenvalue weighted by Gasteiger charge is 2.22. The molecule has 0 saturated heterocycles. The molecule has 0 aliphatic carbocycles. The van der Waals surface area contributed by atoms with Crippen LogP contribution in [-0.4, -0.2) is 39.5 Å². The van der Waals surface area contributed by atoms with Gasteiger partial charge in [0.15, 0.2) is 6.10 Å². The van der Waals surface area contributed by atoms with Crippen LogP contribution < -0.4 is 10.6 Å². The summed E-state index contributed by atoms with van der Waals surface area (Å²) in [6.07, 6.45) is -1.60. The highest BCUT2D eigenvalue weighted by molar-refractivity contribution is 5.98. The summed E-state index contributed by atoms with van der Waals surface area (Å²) >= 11 is 0. The normalized spacial score (nSPS) is 12.1. The number of hydrogen-bond acceptors (Lipinski definition) is 6. The van der Waals surface area contributed by atoms with Gasteiger partial charge >= 0.3 is 12.1 Å². The summed E-state index contributed by atoms with van der Waals surface area (Å²) in [5.74, 6) is -1.10. The number of anilines is 2. The molecule has 1 aromatic carbocycles. The van der Waals surface area contributed by atoms with Crippen LogP contribution in [0, 0.1) is 13.8 Å². The van der Waals surface area contributed by atoms with E-state index >= 15 is 0 Å². The largest absolute Gasteiger partial charge is 0.449 e. The van der Waals surface area contributed by atoms with Crippen molar-refractivity contribution in [3.05, 3.63) is 41.2 Å². The summed E-state index contributed by atoms with van der Waals surface area (Å²) < 4.78 is 12.1. The minimum atomic E-state index is -1.00. The fourth-order valence-corrected chi connectivity index (χ4v) is 2.57. The summed E-state index contributed by atoms with van der Waals surface area (Å²) in [4.78, 5) is 36.5. The van der Waals surface area contributed by atoms with E-state index in [1.807, 2.05) is 6.92 Å². The van der Waals surface area contributed by atoms with E-state index in [0.29, 0.717) is 17.1 Å². The van der Waals surface area contributed by atoms with Gasteiger partial charge < -0.3 is 14.8 Å². The molecule has 0 spiro atoms. The van der Waals surface area contributed by atoms with Crippen LogP contribution in [-0.2, 0) is 21.3 Å². The Labute approximate surface area is 175 Å². The van der Waals surface area contributed by atoms with E-state index < -0.39 is 29.7 Å². The van der Waals surface area contributed by atoms with Crippen LogP contribution in [0.15, 0.2) is 24.3 Å². The lowest BCUT2D eigenvalue weighted by atomic mass is 10.2. The van der Waals surface area contributed by atoms with Crippen molar-refractivity contribution in [2.75, 3.05) is 10.6 Å². The number of nitrogens with zero attached hydrogens (tertiary/aromatic N) is 2. The minimum absolute atomic E-state index is 0.248. The summed E-state index contributed by atoms with van der Waals surface area (Å²) in [5.41, 5.74) is 2.18. The quantitative estimate of drug-likeness (QED) is 0.721. The van der Waals surface area contributed by atoms with Crippen molar-refractivity contribution in [1.29, 1.82) is 0 Å². The second-order valence-electron chi connectivity index (χ2n) is 7.91. The molecule has 1 heterocycles. The lowest BCUT2D eigenvalue weighted by Crippen LogP contribution is -2.30. The third-order valence-electron chi connectivity index (χ3n) is 4.18. The predicted molar refractivity (Wildman–Crippen MR) is 112 cm³/mol.